The van der Waals surface area contributed by atoms with Gasteiger partial charge < -0.3 is 0 Å². The summed E-state index contributed by atoms with van der Waals surface area (Å²) in [5, 5.41) is -0.627. The van der Waals surface area contributed by atoms with Crippen molar-refractivity contribution in [2.75, 3.05) is 0 Å². The molecule has 0 saturated carbocycles. The minimum atomic E-state index is -0.627. The molecule has 0 spiro atoms. The van der Waals surface area contributed by atoms with Gasteiger partial charge in [0, 0.05) is 22.2 Å². The van der Waals surface area contributed by atoms with Crippen LogP contribution in [0.5, 0.6) is 0 Å². The van der Waals surface area contributed by atoms with E-state index in [9.17, 15) is 9.59 Å². The number of hydrogen-bond donors (Lipinski definition) is 0. The Kier molecular flexibility index (Phi) is 4.72. The number of carbonyl (C=O) groups is 2. The number of allylic oxidation sites excluding steroid dienone is 1. The average Bonchev–Trinajstić information content (AvgIpc) is 2.49. The fourth-order valence-electron chi connectivity index (χ4n) is 1.87. The summed E-state index contributed by atoms with van der Waals surface area (Å²) in [5.41, 5.74) is 2.59. The first kappa shape index (κ1) is 14.5. The second kappa shape index (κ2) is 6.51. The van der Waals surface area contributed by atoms with E-state index in [1.807, 2.05) is 6.07 Å². The van der Waals surface area contributed by atoms with Crippen molar-refractivity contribution in [2.45, 2.75) is 0 Å². The van der Waals surface area contributed by atoms with E-state index < -0.39 is 5.24 Å². The van der Waals surface area contributed by atoms with Crippen molar-refractivity contribution in [2.24, 2.45) is 0 Å². The monoisotopic (exact) mass is 304 g/mol. The molecule has 0 aliphatic heterocycles. The molecule has 20 heavy (non-hydrogen) atoms. The van der Waals surface area contributed by atoms with Gasteiger partial charge in [-0.2, -0.15) is 0 Å². The molecule has 0 aliphatic carbocycles. The summed E-state index contributed by atoms with van der Waals surface area (Å²) in [4.78, 5) is 23.9. The second-order valence-corrected chi connectivity index (χ2v) is 4.60. The Morgan fingerprint density at radius 2 is 1.40 bits per heavy atom. The molecule has 0 saturated heterocycles. The van der Waals surface area contributed by atoms with Gasteiger partial charge in [-0.3, -0.25) is 9.59 Å². The lowest BCUT2D eigenvalue weighted by atomic mass is 9.95. The highest BCUT2D eigenvalue weighted by Gasteiger charge is 2.18. The second-order valence-electron chi connectivity index (χ2n) is 4.04. The maximum Gasteiger partial charge on any atom is 0.253 e. The van der Waals surface area contributed by atoms with Crippen LogP contribution < -0.4 is 0 Å². The van der Waals surface area contributed by atoms with E-state index >= 15 is 0 Å². The van der Waals surface area contributed by atoms with Crippen LogP contribution >= 0.6 is 23.2 Å². The Morgan fingerprint density at radius 3 is 1.95 bits per heavy atom. The maximum absolute atomic E-state index is 12.4. The van der Waals surface area contributed by atoms with Gasteiger partial charge in [0.1, 0.15) is 0 Å². The van der Waals surface area contributed by atoms with Crippen LogP contribution in [-0.4, -0.2) is 11.0 Å². The number of hydrogen-bond acceptors (Lipinski definition) is 2. The van der Waals surface area contributed by atoms with Crippen LogP contribution in [0.25, 0.3) is 5.57 Å². The third-order valence-corrected chi connectivity index (χ3v) is 3.24. The Bertz CT molecular complexity index is 676. The molecule has 0 bridgehead atoms. The van der Waals surface area contributed by atoms with Gasteiger partial charge in [-0.25, -0.2) is 0 Å². The fraction of sp³-hybridized carbons (Fsp3) is 0. The largest absolute Gasteiger partial charge is 0.289 e. The van der Waals surface area contributed by atoms with E-state index in [0.717, 1.165) is 0 Å². The summed E-state index contributed by atoms with van der Waals surface area (Å²) < 4.78 is 0. The molecule has 0 aliphatic rings. The van der Waals surface area contributed by atoms with Crippen molar-refractivity contribution in [3.8, 4) is 0 Å². The highest BCUT2D eigenvalue weighted by Crippen LogP contribution is 2.25. The van der Waals surface area contributed by atoms with Crippen LogP contribution in [0.1, 0.15) is 26.3 Å². The first-order valence-corrected chi connectivity index (χ1v) is 6.66. The molecule has 100 valence electrons. The highest BCUT2D eigenvalue weighted by molar-refractivity contribution is 6.68. The van der Waals surface area contributed by atoms with Crippen LogP contribution in [0.15, 0.2) is 60.1 Å². The molecule has 0 N–H and O–H groups in total. The Morgan fingerprint density at radius 1 is 0.850 bits per heavy atom. The molecule has 2 aromatic rings. The zero-order chi connectivity index (χ0) is 14.5. The van der Waals surface area contributed by atoms with Gasteiger partial charge in [0.2, 0.25) is 0 Å². The molecular formula is C16H10Cl2O2. The molecule has 2 rings (SSSR count). The van der Waals surface area contributed by atoms with Crippen molar-refractivity contribution in [3.63, 3.8) is 0 Å². The predicted molar refractivity (Wildman–Crippen MR) is 81.2 cm³/mol. The number of halogens is 2. The minimum absolute atomic E-state index is 0.238. The third kappa shape index (κ3) is 2.98. The van der Waals surface area contributed by atoms with E-state index in [1.165, 1.54) is 5.54 Å². The molecule has 0 radical (unpaired) electrons. The smallest absolute Gasteiger partial charge is 0.253 e. The van der Waals surface area contributed by atoms with Crippen LogP contribution in [0.3, 0.4) is 0 Å². The Hall–Kier alpha value is -1.90. The molecule has 0 aromatic heterocycles. The molecule has 0 unspecified atom stereocenters. The summed E-state index contributed by atoms with van der Waals surface area (Å²) in [5.74, 6) is -0.258. The first-order valence-electron chi connectivity index (χ1n) is 5.84. The van der Waals surface area contributed by atoms with Gasteiger partial charge in [0.05, 0.1) is 0 Å². The van der Waals surface area contributed by atoms with E-state index in [2.05, 4.69) is 0 Å². The SMILES string of the molecule is O=C(C(=CCl)c1ccccc1C(=O)Cl)c1ccccc1. The third-order valence-electron chi connectivity index (χ3n) is 2.82. The number of carbonyl (C=O) groups excluding carboxylic acids is 2. The summed E-state index contributed by atoms with van der Waals surface area (Å²) in [7, 11) is 0. The molecule has 4 heteroatoms. The van der Waals surface area contributed by atoms with Gasteiger partial charge in [0.25, 0.3) is 5.24 Å². The first-order chi connectivity index (χ1) is 9.65. The van der Waals surface area contributed by atoms with Crippen LogP contribution in [0.4, 0.5) is 0 Å². The standard InChI is InChI=1S/C16H10Cl2O2/c17-10-14(15(19)11-6-2-1-3-7-11)12-8-4-5-9-13(12)16(18)20/h1-10H. The van der Waals surface area contributed by atoms with E-state index in [4.69, 9.17) is 23.2 Å². The van der Waals surface area contributed by atoms with Crippen molar-refractivity contribution >= 4 is 39.8 Å². The van der Waals surface area contributed by atoms with Crippen molar-refractivity contribution in [3.05, 3.63) is 76.8 Å². The summed E-state index contributed by atoms with van der Waals surface area (Å²) in [6.07, 6.45) is 0. The number of rotatable bonds is 4. The summed E-state index contributed by atoms with van der Waals surface area (Å²) in [6.45, 7) is 0. The Labute approximate surface area is 126 Å². The lowest BCUT2D eigenvalue weighted by Crippen LogP contribution is -2.06. The van der Waals surface area contributed by atoms with Crippen LogP contribution in [-0.2, 0) is 0 Å². The lowest BCUT2D eigenvalue weighted by molar-refractivity contribution is 0.105. The van der Waals surface area contributed by atoms with Crippen molar-refractivity contribution < 1.29 is 9.59 Å². The quantitative estimate of drug-likeness (QED) is 0.472. The summed E-state index contributed by atoms with van der Waals surface area (Å²) >= 11 is 11.3. The normalized spacial score (nSPS) is 11.2. The topological polar surface area (TPSA) is 34.1 Å². The van der Waals surface area contributed by atoms with Gasteiger partial charge in [-0.05, 0) is 23.2 Å². The van der Waals surface area contributed by atoms with Gasteiger partial charge in [0.15, 0.2) is 5.78 Å². The Balaban J connectivity index is 2.50. The number of Topliss-reactive ketones (excluding diaryl/α,β-unsaturated/α-hetero) is 1. The van der Waals surface area contributed by atoms with E-state index in [1.54, 1.807) is 48.5 Å². The molecule has 2 nitrogen and oxygen atoms in total. The van der Waals surface area contributed by atoms with Crippen molar-refractivity contribution in [1.82, 2.24) is 0 Å². The number of ketones is 1. The average molecular weight is 305 g/mol. The van der Waals surface area contributed by atoms with Crippen LogP contribution in [0.2, 0.25) is 0 Å². The highest BCUT2D eigenvalue weighted by atomic mass is 35.5. The van der Waals surface area contributed by atoms with Crippen molar-refractivity contribution in [1.29, 1.82) is 0 Å². The zero-order valence-electron chi connectivity index (χ0n) is 10.3. The predicted octanol–water partition coefficient (Wildman–Crippen LogP) is 4.53. The molecule has 0 heterocycles. The summed E-state index contributed by atoms with van der Waals surface area (Å²) in [6, 6.07) is 15.3. The molecular weight excluding hydrogens is 295 g/mol. The molecule has 0 atom stereocenters. The van der Waals surface area contributed by atoms with Crippen LogP contribution in [0, 0.1) is 0 Å². The fourth-order valence-corrected chi connectivity index (χ4v) is 2.25. The lowest BCUT2D eigenvalue weighted by Gasteiger charge is -2.09. The van der Waals surface area contributed by atoms with Gasteiger partial charge in [-0.1, -0.05) is 60.1 Å². The minimum Gasteiger partial charge on any atom is -0.289 e. The maximum atomic E-state index is 12.4. The molecule has 0 amide bonds. The van der Waals surface area contributed by atoms with E-state index in [0.29, 0.717) is 11.1 Å². The van der Waals surface area contributed by atoms with Gasteiger partial charge in [-0.15, -0.1) is 0 Å². The number of benzene rings is 2. The van der Waals surface area contributed by atoms with E-state index in [-0.39, 0.29) is 16.9 Å². The molecule has 0 fully saturated rings. The van der Waals surface area contributed by atoms with Gasteiger partial charge >= 0.3 is 0 Å². The zero-order valence-corrected chi connectivity index (χ0v) is 11.9. The molecule has 2 aromatic carbocycles.